The highest BCUT2D eigenvalue weighted by Crippen LogP contribution is 2.26. The molecule has 2 aromatic carbocycles. The number of rotatable bonds is 7. The quantitative estimate of drug-likeness (QED) is 0.108. The van der Waals surface area contributed by atoms with E-state index < -0.39 is 16.4 Å². The molecule has 158 valence electrons. The number of nitro benzene ring substituents is 1. The van der Waals surface area contributed by atoms with Gasteiger partial charge in [-0.25, -0.2) is 0 Å². The minimum Gasteiger partial charge on any atom is -0.867 e. The number of alkyl halides is 2. The summed E-state index contributed by atoms with van der Waals surface area (Å²) >= 11 is 5.89. The van der Waals surface area contributed by atoms with E-state index in [-0.39, 0.29) is 21.9 Å². The average molecular weight is 459 g/mol. The Balaban J connectivity index is 1.94. The van der Waals surface area contributed by atoms with E-state index in [0.717, 1.165) is 0 Å². The van der Waals surface area contributed by atoms with Gasteiger partial charge in [0, 0.05) is 34.8 Å². The summed E-state index contributed by atoms with van der Waals surface area (Å²) in [5.41, 5.74) is 0.752. The number of thioether (sulfide) groups is 1. The van der Waals surface area contributed by atoms with Crippen molar-refractivity contribution in [2.45, 2.75) is 10.7 Å². The van der Waals surface area contributed by atoms with Gasteiger partial charge in [0.05, 0.1) is 4.92 Å². The SMILES string of the molecule is O=[N+]([O-])c1ccc(/C([O-])=C(/C(=S)Nc2ccc(SC(F)F)cc2)[n+]2ccccc2)cc1. The molecular formula is C21H15F2N3O3S2. The molecule has 0 spiro atoms. The highest BCUT2D eigenvalue weighted by atomic mass is 32.2. The molecule has 0 atom stereocenters. The zero-order chi connectivity index (χ0) is 22.4. The minimum absolute atomic E-state index is 0.105. The van der Waals surface area contributed by atoms with Crippen molar-refractivity contribution in [2.24, 2.45) is 0 Å². The molecule has 0 amide bonds. The molecule has 3 aromatic rings. The van der Waals surface area contributed by atoms with Gasteiger partial charge in [-0.05, 0) is 47.7 Å². The van der Waals surface area contributed by atoms with Crippen molar-refractivity contribution < 1.29 is 23.4 Å². The number of aromatic nitrogens is 1. The van der Waals surface area contributed by atoms with Crippen LogP contribution < -0.4 is 15.0 Å². The minimum atomic E-state index is -2.52. The summed E-state index contributed by atoms with van der Waals surface area (Å²) < 4.78 is 26.5. The molecule has 0 fully saturated rings. The number of anilines is 1. The van der Waals surface area contributed by atoms with Crippen molar-refractivity contribution in [3.8, 4) is 0 Å². The topological polar surface area (TPSA) is 82.1 Å². The molecule has 10 heteroatoms. The maximum absolute atomic E-state index is 13.2. The zero-order valence-corrected chi connectivity index (χ0v) is 17.4. The van der Waals surface area contributed by atoms with E-state index in [4.69, 9.17) is 12.2 Å². The molecular weight excluding hydrogens is 444 g/mol. The Bertz CT molecular complexity index is 1110. The fraction of sp³-hybridized carbons (Fsp3) is 0.0476. The average Bonchev–Trinajstić information content (AvgIpc) is 2.75. The smallest absolute Gasteiger partial charge is 0.288 e. The van der Waals surface area contributed by atoms with E-state index in [0.29, 0.717) is 22.3 Å². The van der Waals surface area contributed by atoms with Gasteiger partial charge in [0.15, 0.2) is 17.4 Å². The largest absolute Gasteiger partial charge is 0.867 e. The van der Waals surface area contributed by atoms with Crippen molar-refractivity contribution in [1.82, 2.24) is 0 Å². The summed E-state index contributed by atoms with van der Waals surface area (Å²) in [5, 5.41) is 27.0. The van der Waals surface area contributed by atoms with Gasteiger partial charge in [0.2, 0.25) is 5.70 Å². The Morgan fingerprint density at radius 2 is 1.65 bits per heavy atom. The summed E-state index contributed by atoms with van der Waals surface area (Å²) in [7, 11) is 0. The van der Waals surface area contributed by atoms with Crippen LogP contribution in [0.2, 0.25) is 0 Å². The molecule has 1 aromatic heterocycles. The van der Waals surface area contributed by atoms with Crippen LogP contribution in [0.15, 0.2) is 84.0 Å². The van der Waals surface area contributed by atoms with E-state index in [1.54, 1.807) is 47.3 Å². The number of halogens is 2. The molecule has 1 heterocycles. The Hall–Kier alpha value is -3.37. The maximum atomic E-state index is 13.2. The predicted molar refractivity (Wildman–Crippen MR) is 117 cm³/mol. The summed E-state index contributed by atoms with van der Waals surface area (Å²) in [6, 6.07) is 16.7. The number of non-ortho nitro benzene ring substituents is 1. The van der Waals surface area contributed by atoms with Crippen LogP contribution in [-0.4, -0.2) is 15.7 Å². The van der Waals surface area contributed by atoms with Crippen LogP contribution in [0.3, 0.4) is 0 Å². The lowest BCUT2D eigenvalue weighted by atomic mass is 10.1. The van der Waals surface area contributed by atoms with Gasteiger partial charge < -0.3 is 10.4 Å². The normalized spacial score (nSPS) is 11.7. The second kappa shape index (κ2) is 10.1. The van der Waals surface area contributed by atoms with Crippen molar-refractivity contribution >= 4 is 51.8 Å². The van der Waals surface area contributed by atoms with Crippen LogP contribution in [0.1, 0.15) is 5.56 Å². The predicted octanol–water partition coefficient (Wildman–Crippen LogP) is 4.32. The standard InChI is InChI=1S/C21H15F2N3O3S2/c22-21(23)31-17-10-6-15(7-11-17)24-20(30)18(25-12-2-1-3-13-25)19(27)14-4-8-16(9-5-14)26(28)29/h1-13,21H,(H-,24,27,30). The van der Waals surface area contributed by atoms with Crippen LogP contribution in [0.25, 0.3) is 11.5 Å². The molecule has 0 saturated carbocycles. The Morgan fingerprint density at radius 3 is 2.19 bits per heavy atom. The summed E-state index contributed by atoms with van der Waals surface area (Å²) in [6.07, 6.45) is 3.30. The Morgan fingerprint density at radius 1 is 1.03 bits per heavy atom. The van der Waals surface area contributed by atoms with E-state index in [9.17, 15) is 24.0 Å². The van der Waals surface area contributed by atoms with Gasteiger partial charge in [-0.2, -0.15) is 13.3 Å². The van der Waals surface area contributed by atoms with Gasteiger partial charge >= 0.3 is 0 Å². The molecule has 0 saturated heterocycles. The number of nitrogens with zero attached hydrogens (tertiary/aromatic N) is 2. The number of thiocarbonyl (C=S) groups is 1. The molecule has 0 radical (unpaired) electrons. The molecule has 0 aliphatic carbocycles. The van der Waals surface area contributed by atoms with Crippen LogP contribution in [0.5, 0.6) is 0 Å². The van der Waals surface area contributed by atoms with Crippen LogP contribution >= 0.6 is 24.0 Å². The molecule has 0 unspecified atom stereocenters. The number of nitro groups is 1. The third-order valence-corrected chi connectivity index (χ3v) is 5.10. The monoisotopic (exact) mass is 459 g/mol. The van der Waals surface area contributed by atoms with Gasteiger partial charge in [0.25, 0.3) is 11.4 Å². The van der Waals surface area contributed by atoms with Gasteiger partial charge in [-0.3, -0.25) is 10.1 Å². The molecule has 3 rings (SSSR count). The summed E-state index contributed by atoms with van der Waals surface area (Å²) in [5.74, 6) is -2.96. The number of hydrogen-bond acceptors (Lipinski definition) is 5. The molecule has 6 nitrogen and oxygen atoms in total. The van der Waals surface area contributed by atoms with Gasteiger partial charge in [-0.15, -0.1) is 0 Å². The van der Waals surface area contributed by atoms with Gasteiger partial charge in [-0.1, -0.05) is 30.0 Å². The van der Waals surface area contributed by atoms with E-state index in [1.165, 1.54) is 36.4 Å². The first-order chi connectivity index (χ1) is 14.8. The van der Waals surface area contributed by atoms with Crippen LogP contribution in [0.4, 0.5) is 20.2 Å². The second-order valence-electron chi connectivity index (χ2n) is 6.12. The fourth-order valence-corrected chi connectivity index (χ4v) is 3.48. The zero-order valence-electron chi connectivity index (χ0n) is 15.8. The lowest BCUT2D eigenvalue weighted by Gasteiger charge is -2.17. The highest BCUT2D eigenvalue weighted by Gasteiger charge is 2.19. The van der Waals surface area contributed by atoms with Crippen molar-refractivity contribution in [2.75, 3.05) is 5.32 Å². The fourth-order valence-electron chi connectivity index (χ4n) is 2.67. The molecule has 0 aliphatic heterocycles. The van der Waals surface area contributed by atoms with E-state index >= 15 is 0 Å². The van der Waals surface area contributed by atoms with Gasteiger partial charge in [0.1, 0.15) is 0 Å². The number of nitrogens with one attached hydrogen (secondary N) is 1. The lowest BCUT2D eigenvalue weighted by molar-refractivity contribution is -0.577. The number of pyridine rings is 1. The number of hydrogen-bond donors (Lipinski definition) is 1. The third-order valence-electron chi connectivity index (χ3n) is 4.08. The maximum Gasteiger partial charge on any atom is 0.288 e. The Labute approximate surface area is 186 Å². The molecule has 0 bridgehead atoms. The second-order valence-corrected chi connectivity index (χ2v) is 7.59. The van der Waals surface area contributed by atoms with Crippen molar-refractivity contribution in [3.63, 3.8) is 0 Å². The van der Waals surface area contributed by atoms with Crippen LogP contribution in [-0.2, 0) is 0 Å². The van der Waals surface area contributed by atoms with Crippen molar-refractivity contribution in [3.05, 3.63) is 94.8 Å². The molecule has 0 aliphatic rings. The number of benzene rings is 2. The van der Waals surface area contributed by atoms with E-state index in [2.05, 4.69) is 5.32 Å². The lowest BCUT2D eigenvalue weighted by Crippen LogP contribution is -2.39. The third kappa shape index (κ3) is 5.83. The summed E-state index contributed by atoms with van der Waals surface area (Å²) in [4.78, 5) is 10.8. The first kappa shape index (κ1) is 22.3. The molecule has 31 heavy (non-hydrogen) atoms. The first-order valence-corrected chi connectivity index (χ1v) is 10.1. The van der Waals surface area contributed by atoms with E-state index in [1.807, 2.05) is 0 Å². The summed E-state index contributed by atoms with van der Waals surface area (Å²) in [6.45, 7) is 0. The first-order valence-electron chi connectivity index (χ1n) is 8.84. The Kier molecular flexibility index (Phi) is 7.27. The van der Waals surface area contributed by atoms with Crippen LogP contribution in [0, 0.1) is 10.1 Å². The highest BCUT2D eigenvalue weighted by molar-refractivity contribution is 7.99. The molecule has 1 N–H and O–H groups in total. The van der Waals surface area contributed by atoms with Crippen molar-refractivity contribution in [1.29, 1.82) is 0 Å².